The van der Waals surface area contributed by atoms with Crippen LogP contribution in [-0.4, -0.2) is 9.55 Å². The quantitative estimate of drug-likeness (QED) is 0.684. The van der Waals surface area contributed by atoms with Crippen molar-refractivity contribution in [3.63, 3.8) is 0 Å². The summed E-state index contributed by atoms with van der Waals surface area (Å²) in [4.78, 5) is 4.47. The van der Waals surface area contributed by atoms with Gasteiger partial charge in [-0.3, -0.25) is 0 Å². The first-order valence-corrected chi connectivity index (χ1v) is 6.90. The molecule has 0 bridgehead atoms. The third kappa shape index (κ3) is 2.09. The van der Waals surface area contributed by atoms with Crippen molar-refractivity contribution in [2.75, 3.05) is 0 Å². The first-order chi connectivity index (χ1) is 8.84. The lowest BCUT2D eigenvalue weighted by Crippen LogP contribution is -2.03. The molecule has 2 heterocycles. The molecule has 0 N–H and O–H groups in total. The van der Waals surface area contributed by atoms with Crippen molar-refractivity contribution in [3.05, 3.63) is 65.2 Å². The number of thiophene rings is 1. The summed E-state index contributed by atoms with van der Waals surface area (Å²) in [6, 6.07) is 12.9. The largest absolute Gasteiger partial charge is 0.330 e. The van der Waals surface area contributed by atoms with E-state index in [9.17, 15) is 0 Å². The van der Waals surface area contributed by atoms with Crippen LogP contribution < -0.4 is 0 Å². The molecule has 0 amide bonds. The second-order valence-electron chi connectivity index (χ2n) is 4.30. The number of hydrogen-bond acceptors (Lipinski definition) is 2. The smallest absolute Gasteiger partial charge is 0.0959 e. The average molecular weight is 254 g/mol. The first kappa shape index (κ1) is 11.2. The van der Waals surface area contributed by atoms with Crippen molar-refractivity contribution in [1.82, 2.24) is 9.55 Å². The molecule has 2 aromatic heterocycles. The Labute approximate surface area is 111 Å². The van der Waals surface area contributed by atoms with Gasteiger partial charge in [0, 0.05) is 17.1 Å². The fraction of sp³-hybridized carbons (Fsp3) is 0.133. The van der Waals surface area contributed by atoms with Crippen LogP contribution in [0.15, 0.2) is 59.7 Å². The number of aromatic nitrogens is 2. The second-order valence-corrected chi connectivity index (χ2v) is 5.08. The molecule has 0 aliphatic rings. The van der Waals surface area contributed by atoms with Gasteiger partial charge in [-0.05, 0) is 23.9 Å². The highest BCUT2D eigenvalue weighted by molar-refractivity contribution is 7.08. The molecule has 1 atom stereocenters. The Hall–Kier alpha value is -1.87. The van der Waals surface area contributed by atoms with E-state index in [1.807, 2.05) is 12.4 Å². The summed E-state index contributed by atoms with van der Waals surface area (Å²) in [5.41, 5.74) is 3.53. The molecular formula is C15H14N2S. The maximum Gasteiger partial charge on any atom is 0.0959 e. The molecule has 1 aromatic carbocycles. The molecule has 3 aromatic rings. The van der Waals surface area contributed by atoms with E-state index in [4.69, 9.17) is 0 Å². The number of imidazole rings is 1. The van der Waals surface area contributed by atoms with Crippen LogP contribution >= 0.6 is 11.3 Å². The highest BCUT2D eigenvalue weighted by atomic mass is 32.1. The van der Waals surface area contributed by atoms with Crippen molar-refractivity contribution in [2.45, 2.75) is 13.0 Å². The summed E-state index contributed by atoms with van der Waals surface area (Å²) >= 11 is 1.70. The molecule has 0 fully saturated rings. The Morgan fingerprint density at radius 2 is 2.00 bits per heavy atom. The van der Waals surface area contributed by atoms with Gasteiger partial charge in [0.1, 0.15) is 0 Å². The predicted octanol–water partition coefficient (Wildman–Crippen LogP) is 4.22. The van der Waals surface area contributed by atoms with Gasteiger partial charge in [0.05, 0.1) is 18.1 Å². The molecule has 0 radical (unpaired) electrons. The van der Waals surface area contributed by atoms with Crippen LogP contribution in [0.3, 0.4) is 0 Å². The third-order valence-corrected chi connectivity index (χ3v) is 3.83. The Morgan fingerprint density at radius 1 is 1.17 bits per heavy atom. The van der Waals surface area contributed by atoms with Crippen molar-refractivity contribution in [1.29, 1.82) is 0 Å². The van der Waals surface area contributed by atoms with Crippen molar-refractivity contribution >= 4 is 11.3 Å². The van der Waals surface area contributed by atoms with E-state index in [1.54, 1.807) is 11.3 Å². The van der Waals surface area contributed by atoms with Crippen LogP contribution in [0, 0.1) is 0 Å². The van der Waals surface area contributed by atoms with Crippen LogP contribution in [0.25, 0.3) is 11.3 Å². The highest BCUT2D eigenvalue weighted by Crippen LogP contribution is 2.23. The zero-order valence-electron chi connectivity index (χ0n) is 10.2. The minimum Gasteiger partial charge on any atom is -0.330 e. The topological polar surface area (TPSA) is 17.8 Å². The van der Waals surface area contributed by atoms with E-state index in [-0.39, 0.29) is 0 Å². The Balaban J connectivity index is 1.90. The van der Waals surface area contributed by atoms with Gasteiger partial charge in [-0.1, -0.05) is 30.3 Å². The molecule has 0 spiro atoms. The normalized spacial score (nSPS) is 12.5. The fourth-order valence-corrected chi connectivity index (χ4v) is 2.66. The van der Waals surface area contributed by atoms with Gasteiger partial charge in [0.2, 0.25) is 0 Å². The van der Waals surface area contributed by atoms with Gasteiger partial charge in [-0.15, -0.1) is 0 Å². The van der Waals surface area contributed by atoms with Crippen LogP contribution in [-0.2, 0) is 0 Å². The molecule has 0 aliphatic carbocycles. The predicted molar refractivity (Wildman–Crippen MR) is 75.8 cm³/mol. The van der Waals surface area contributed by atoms with Crippen LogP contribution in [0.5, 0.6) is 0 Å². The van der Waals surface area contributed by atoms with E-state index in [1.165, 1.54) is 11.1 Å². The van der Waals surface area contributed by atoms with Gasteiger partial charge in [-0.25, -0.2) is 4.98 Å². The maximum absolute atomic E-state index is 4.47. The Morgan fingerprint density at radius 3 is 2.72 bits per heavy atom. The SMILES string of the molecule is C[C@H](c1ccccc1)n1cnc(-c2ccsc2)c1. The molecule has 0 unspecified atom stereocenters. The maximum atomic E-state index is 4.47. The Bertz CT molecular complexity index is 611. The van der Waals surface area contributed by atoms with Gasteiger partial charge < -0.3 is 4.57 Å². The van der Waals surface area contributed by atoms with Gasteiger partial charge >= 0.3 is 0 Å². The van der Waals surface area contributed by atoms with Gasteiger partial charge in [0.25, 0.3) is 0 Å². The number of hydrogen-bond donors (Lipinski definition) is 0. The minimum atomic E-state index is 0.311. The van der Waals surface area contributed by atoms with Crippen molar-refractivity contribution in [2.24, 2.45) is 0 Å². The third-order valence-electron chi connectivity index (χ3n) is 3.15. The highest BCUT2D eigenvalue weighted by Gasteiger charge is 2.09. The van der Waals surface area contributed by atoms with E-state index in [0.29, 0.717) is 6.04 Å². The van der Waals surface area contributed by atoms with Crippen LogP contribution in [0.2, 0.25) is 0 Å². The summed E-state index contributed by atoms with van der Waals surface area (Å²) in [6.07, 6.45) is 4.02. The van der Waals surface area contributed by atoms with E-state index < -0.39 is 0 Å². The lowest BCUT2D eigenvalue weighted by atomic mass is 10.1. The lowest BCUT2D eigenvalue weighted by molar-refractivity contribution is 0.638. The minimum absolute atomic E-state index is 0.311. The van der Waals surface area contributed by atoms with Crippen LogP contribution in [0.4, 0.5) is 0 Å². The molecule has 3 rings (SSSR count). The summed E-state index contributed by atoms with van der Waals surface area (Å²) in [5, 5.41) is 4.20. The van der Waals surface area contributed by atoms with Crippen molar-refractivity contribution < 1.29 is 0 Å². The summed E-state index contributed by atoms with van der Waals surface area (Å²) in [7, 11) is 0. The van der Waals surface area contributed by atoms with Gasteiger partial charge in [-0.2, -0.15) is 11.3 Å². The summed E-state index contributed by atoms with van der Waals surface area (Å²) in [5.74, 6) is 0. The average Bonchev–Trinajstić information content (AvgIpc) is 3.09. The van der Waals surface area contributed by atoms with Crippen molar-refractivity contribution in [3.8, 4) is 11.3 Å². The molecular weight excluding hydrogens is 240 g/mol. The number of rotatable bonds is 3. The number of benzene rings is 1. The standard InChI is InChI=1S/C15H14N2S/c1-12(13-5-3-2-4-6-13)17-9-15(16-11-17)14-7-8-18-10-14/h2-12H,1H3/t12-/m1/s1. The molecule has 0 saturated heterocycles. The number of nitrogens with zero attached hydrogens (tertiary/aromatic N) is 2. The molecule has 2 nitrogen and oxygen atoms in total. The van der Waals surface area contributed by atoms with Crippen LogP contribution in [0.1, 0.15) is 18.5 Å². The second kappa shape index (κ2) is 4.78. The molecule has 0 saturated carbocycles. The Kier molecular flexibility index (Phi) is 2.99. The zero-order valence-corrected chi connectivity index (χ0v) is 11.0. The first-order valence-electron chi connectivity index (χ1n) is 5.95. The molecule has 90 valence electrons. The van der Waals surface area contributed by atoms with E-state index in [0.717, 1.165) is 5.69 Å². The molecule has 18 heavy (non-hydrogen) atoms. The summed E-state index contributed by atoms with van der Waals surface area (Å²) < 4.78 is 2.16. The zero-order chi connectivity index (χ0) is 12.4. The van der Waals surface area contributed by atoms with E-state index >= 15 is 0 Å². The molecule has 3 heteroatoms. The monoisotopic (exact) mass is 254 g/mol. The lowest BCUT2D eigenvalue weighted by Gasteiger charge is -2.12. The van der Waals surface area contributed by atoms with E-state index in [2.05, 4.69) is 63.8 Å². The summed E-state index contributed by atoms with van der Waals surface area (Å²) in [6.45, 7) is 2.19. The molecule has 0 aliphatic heterocycles. The fourth-order valence-electron chi connectivity index (χ4n) is 2.01. The van der Waals surface area contributed by atoms with Gasteiger partial charge in [0.15, 0.2) is 0 Å².